The number of para-hydroxylation sites is 1. The average molecular weight is 369 g/mol. The van der Waals surface area contributed by atoms with Crippen LogP contribution in [-0.2, 0) is 4.79 Å². The van der Waals surface area contributed by atoms with Gasteiger partial charge in [0.05, 0.1) is 10.6 Å². The topological polar surface area (TPSA) is 87.7 Å². The number of halogens is 2. The Morgan fingerprint density at radius 2 is 1.92 bits per heavy atom. The number of phenolic OH excluding ortho intramolecular Hbond substituents is 1. The Kier molecular flexibility index (Phi) is 5.89. The van der Waals surface area contributed by atoms with Crippen molar-refractivity contribution in [2.45, 2.75) is 6.92 Å². The molecule has 0 aromatic heterocycles. The molecule has 2 amide bonds. The van der Waals surface area contributed by atoms with Crippen molar-refractivity contribution < 1.29 is 19.4 Å². The molecule has 0 radical (unpaired) electrons. The van der Waals surface area contributed by atoms with Crippen LogP contribution in [0, 0.1) is 6.92 Å². The highest BCUT2D eigenvalue weighted by atomic mass is 35.5. The van der Waals surface area contributed by atoms with Gasteiger partial charge >= 0.3 is 0 Å². The molecule has 0 fully saturated rings. The number of phenols is 1. The van der Waals surface area contributed by atoms with Crippen LogP contribution in [-0.4, -0.2) is 23.5 Å². The molecule has 0 aliphatic carbocycles. The summed E-state index contributed by atoms with van der Waals surface area (Å²) in [6.45, 7) is 1.30. The van der Waals surface area contributed by atoms with Crippen LogP contribution in [0.3, 0.4) is 0 Å². The Bertz CT molecular complexity index is 781. The normalized spacial score (nSPS) is 10.1. The lowest BCUT2D eigenvalue weighted by Crippen LogP contribution is -2.43. The van der Waals surface area contributed by atoms with Crippen molar-refractivity contribution in [1.82, 2.24) is 10.9 Å². The van der Waals surface area contributed by atoms with Gasteiger partial charge in [0.25, 0.3) is 11.8 Å². The highest BCUT2D eigenvalue weighted by Crippen LogP contribution is 2.27. The summed E-state index contributed by atoms with van der Waals surface area (Å²) in [5.41, 5.74) is 4.98. The van der Waals surface area contributed by atoms with Gasteiger partial charge < -0.3 is 9.84 Å². The van der Waals surface area contributed by atoms with E-state index < -0.39 is 11.8 Å². The molecule has 6 nitrogen and oxygen atoms in total. The first-order valence-corrected chi connectivity index (χ1v) is 7.59. The van der Waals surface area contributed by atoms with Crippen LogP contribution in [0.1, 0.15) is 15.9 Å². The van der Waals surface area contributed by atoms with Crippen LogP contribution in [0.5, 0.6) is 11.5 Å². The van der Waals surface area contributed by atoms with Crippen LogP contribution in [0.2, 0.25) is 10.0 Å². The smallest absolute Gasteiger partial charge is 0.276 e. The molecule has 2 rings (SSSR count). The molecule has 0 aliphatic heterocycles. The number of ether oxygens (including phenoxy) is 1. The fraction of sp³-hybridized carbons (Fsp3) is 0.125. The molecule has 2 aromatic rings. The van der Waals surface area contributed by atoms with Crippen molar-refractivity contribution in [3.8, 4) is 11.5 Å². The summed E-state index contributed by atoms with van der Waals surface area (Å²) in [5, 5.41) is 10.5. The molecule has 0 heterocycles. The van der Waals surface area contributed by atoms with E-state index in [-0.39, 0.29) is 22.9 Å². The maximum Gasteiger partial charge on any atom is 0.276 e. The summed E-state index contributed by atoms with van der Waals surface area (Å²) in [6.07, 6.45) is 0. The van der Waals surface area contributed by atoms with E-state index in [1.165, 1.54) is 18.2 Å². The number of amides is 2. The summed E-state index contributed by atoms with van der Waals surface area (Å²) < 4.78 is 5.23. The first kappa shape index (κ1) is 17.9. The van der Waals surface area contributed by atoms with Crippen LogP contribution >= 0.6 is 23.2 Å². The fourth-order valence-electron chi connectivity index (χ4n) is 1.81. The Morgan fingerprint density at radius 1 is 1.17 bits per heavy atom. The van der Waals surface area contributed by atoms with Crippen LogP contribution in [0.15, 0.2) is 36.4 Å². The van der Waals surface area contributed by atoms with Gasteiger partial charge in [-0.2, -0.15) is 0 Å². The number of hydrogen-bond donors (Lipinski definition) is 3. The molecule has 0 unspecified atom stereocenters. The first-order chi connectivity index (χ1) is 11.4. The summed E-state index contributed by atoms with van der Waals surface area (Å²) in [7, 11) is 0. The monoisotopic (exact) mass is 368 g/mol. The number of hydrogen-bond acceptors (Lipinski definition) is 4. The molecule has 0 bridgehead atoms. The molecule has 0 saturated heterocycles. The van der Waals surface area contributed by atoms with Gasteiger partial charge in [-0.3, -0.25) is 20.4 Å². The number of carbonyl (C=O) groups is 2. The Hall–Kier alpha value is -2.44. The number of nitrogens with one attached hydrogen (secondary N) is 2. The summed E-state index contributed by atoms with van der Waals surface area (Å²) in [4.78, 5) is 23.6. The van der Waals surface area contributed by atoms with Crippen molar-refractivity contribution in [3.63, 3.8) is 0 Å². The van der Waals surface area contributed by atoms with Gasteiger partial charge in [0.1, 0.15) is 11.5 Å². The van der Waals surface area contributed by atoms with E-state index in [4.69, 9.17) is 27.9 Å². The largest absolute Gasteiger partial charge is 0.507 e. The highest BCUT2D eigenvalue weighted by molar-refractivity contribution is 6.35. The maximum absolute atomic E-state index is 11.9. The average Bonchev–Trinajstić information content (AvgIpc) is 2.54. The minimum absolute atomic E-state index is 0.0527. The predicted octanol–water partition coefficient (Wildman–Crippen LogP) is 2.85. The Morgan fingerprint density at radius 3 is 2.62 bits per heavy atom. The van der Waals surface area contributed by atoms with E-state index in [9.17, 15) is 14.7 Å². The summed E-state index contributed by atoms with van der Waals surface area (Å²) >= 11 is 11.7. The minimum Gasteiger partial charge on any atom is -0.507 e. The zero-order valence-electron chi connectivity index (χ0n) is 12.6. The van der Waals surface area contributed by atoms with Crippen molar-refractivity contribution in [2.24, 2.45) is 0 Å². The van der Waals surface area contributed by atoms with E-state index in [0.717, 1.165) is 0 Å². The third-order valence-electron chi connectivity index (χ3n) is 3.05. The number of carbonyl (C=O) groups excluding carboxylic acids is 2. The molecule has 126 valence electrons. The van der Waals surface area contributed by atoms with Gasteiger partial charge in [0.15, 0.2) is 6.61 Å². The highest BCUT2D eigenvalue weighted by Gasteiger charge is 2.13. The molecular formula is C16H14Cl2N2O4. The second kappa shape index (κ2) is 7.90. The third-order valence-corrected chi connectivity index (χ3v) is 3.58. The van der Waals surface area contributed by atoms with Crippen LogP contribution in [0.4, 0.5) is 0 Å². The zero-order valence-corrected chi connectivity index (χ0v) is 14.1. The van der Waals surface area contributed by atoms with Gasteiger partial charge in [-0.25, -0.2) is 0 Å². The number of hydrazine groups is 1. The van der Waals surface area contributed by atoms with E-state index in [2.05, 4.69) is 10.9 Å². The van der Waals surface area contributed by atoms with Crippen molar-refractivity contribution in [1.29, 1.82) is 0 Å². The van der Waals surface area contributed by atoms with Crippen molar-refractivity contribution in [2.75, 3.05) is 6.61 Å². The number of aryl methyl sites for hydroxylation is 1. The zero-order chi connectivity index (χ0) is 17.7. The SMILES string of the molecule is Cc1cccc(C(=O)NNC(=O)COc2ccc(Cl)cc2Cl)c1O. The molecule has 3 N–H and O–H groups in total. The van der Waals surface area contributed by atoms with Gasteiger partial charge in [-0.1, -0.05) is 35.3 Å². The van der Waals surface area contributed by atoms with Crippen LogP contribution < -0.4 is 15.6 Å². The van der Waals surface area contributed by atoms with Gasteiger partial charge in [-0.05, 0) is 36.8 Å². The lowest BCUT2D eigenvalue weighted by molar-refractivity contribution is -0.123. The molecule has 8 heteroatoms. The van der Waals surface area contributed by atoms with E-state index in [0.29, 0.717) is 16.3 Å². The second-order valence-electron chi connectivity index (χ2n) is 4.84. The number of aromatic hydroxyl groups is 1. The standard InChI is InChI=1S/C16H14Cl2N2O4/c1-9-3-2-4-11(15(9)22)16(23)20-19-14(21)8-24-13-6-5-10(17)7-12(13)18/h2-7,22H,8H2,1H3,(H,19,21)(H,20,23). The lowest BCUT2D eigenvalue weighted by atomic mass is 10.1. The molecule has 0 atom stereocenters. The summed E-state index contributed by atoms with van der Waals surface area (Å²) in [6, 6.07) is 9.31. The Labute approximate surface area is 148 Å². The predicted molar refractivity (Wildman–Crippen MR) is 90.4 cm³/mol. The number of rotatable bonds is 4. The van der Waals surface area contributed by atoms with Gasteiger partial charge in [0.2, 0.25) is 0 Å². The number of benzene rings is 2. The van der Waals surface area contributed by atoms with Gasteiger partial charge in [0, 0.05) is 5.02 Å². The molecule has 0 spiro atoms. The quantitative estimate of drug-likeness (QED) is 0.724. The maximum atomic E-state index is 11.9. The fourth-order valence-corrected chi connectivity index (χ4v) is 2.27. The molecule has 24 heavy (non-hydrogen) atoms. The molecule has 0 saturated carbocycles. The van der Waals surface area contributed by atoms with E-state index in [1.54, 1.807) is 25.1 Å². The minimum atomic E-state index is -0.644. The van der Waals surface area contributed by atoms with E-state index in [1.807, 2.05) is 0 Å². The van der Waals surface area contributed by atoms with Crippen LogP contribution in [0.25, 0.3) is 0 Å². The van der Waals surface area contributed by atoms with Crippen molar-refractivity contribution in [3.05, 3.63) is 57.6 Å². The van der Waals surface area contributed by atoms with Crippen molar-refractivity contribution >= 4 is 35.0 Å². The molecule has 0 aliphatic rings. The Balaban J connectivity index is 1.87. The molecular weight excluding hydrogens is 355 g/mol. The first-order valence-electron chi connectivity index (χ1n) is 6.84. The van der Waals surface area contributed by atoms with Gasteiger partial charge in [-0.15, -0.1) is 0 Å². The van der Waals surface area contributed by atoms with E-state index >= 15 is 0 Å². The third kappa shape index (κ3) is 4.53. The molecule has 2 aromatic carbocycles. The summed E-state index contributed by atoms with van der Waals surface area (Å²) in [5.74, 6) is -1.09. The lowest BCUT2D eigenvalue weighted by Gasteiger charge is -2.11. The second-order valence-corrected chi connectivity index (χ2v) is 5.68.